The van der Waals surface area contributed by atoms with Gasteiger partial charge in [-0.1, -0.05) is 15.9 Å². The lowest BCUT2D eigenvalue weighted by Gasteiger charge is -2.23. The number of halogens is 1. The number of nitrogens with one attached hydrogen (secondary N) is 1. The molecule has 1 atom stereocenters. The van der Waals surface area contributed by atoms with Crippen molar-refractivity contribution in [2.45, 2.75) is 25.8 Å². The van der Waals surface area contributed by atoms with Gasteiger partial charge in [-0.2, -0.15) is 11.8 Å². The predicted molar refractivity (Wildman–Crippen MR) is 72.8 cm³/mol. The van der Waals surface area contributed by atoms with E-state index in [1.54, 1.807) is 0 Å². The molecule has 1 aliphatic rings. The quantitative estimate of drug-likeness (QED) is 0.879. The van der Waals surface area contributed by atoms with E-state index in [0.717, 1.165) is 4.47 Å². The number of thioether (sulfide) groups is 1. The highest BCUT2D eigenvalue weighted by Crippen LogP contribution is 2.24. The fourth-order valence-corrected chi connectivity index (χ4v) is 3.59. The molecule has 1 aromatic carbocycles. The maximum atomic E-state index is 3.61. The normalized spacial score (nSPS) is 21.3. The first kappa shape index (κ1) is 11.3. The Kier molecular flexibility index (Phi) is 3.98. The third-order valence-electron chi connectivity index (χ3n) is 2.57. The fraction of sp³-hybridized carbons (Fsp3) is 0.500. The van der Waals surface area contributed by atoms with E-state index in [0.29, 0.717) is 6.04 Å². The summed E-state index contributed by atoms with van der Waals surface area (Å²) in [5.74, 6) is 2.57. The summed E-state index contributed by atoms with van der Waals surface area (Å²) in [6.45, 7) is 2.13. The van der Waals surface area contributed by atoms with Crippen LogP contribution in [0.15, 0.2) is 22.7 Å². The molecule has 1 nitrogen and oxygen atoms in total. The lowest BCUT2D eigenvalue weighted by Crippen LogP contribution is -2.25. The first-order valence-corrected chi connectivity index (χ1v) is 7.30. The van der Waals surface area contributed by atoms with Gasteiger partial charge >= 0.3 is 0 Å². The topological polar surface area (TPSA) is 12.0 Å². The largest absolute Gasteiger partial charge is 0.381 e. The number of rotatable bonds is 2. The standard InChI is InChI=1S/C12H16BrNS/c1-9-5-10(13)7-12(6-9)14-11-3-2-4-15-8-11/h5-7,11,14H,2-4,8H2,1H3. The highest BCUT2D eigenvalue weighted by Gasteiger charge is 2.13. The molecule has 0 radical (unpaired) electrons. The molecule has 82 valence electrons. The minimum absolute atomic E-state index is 0.650. The molecule has 1 unspecified atom stereocenters. The second-order valence-electron chi connectivity index (χ2n) is 4.08. The monoisotopic (exact) mass is 285 g/mol. The summed E-state index contributed by atoms with van der Waals surface area (Å²) >= 11 is 5.59. The van der Waals surface area contributed by atoms with E-state index in [9.17, 15) is 0 Å². The maximum absolute atomic E-state index is 3.61. The van der Waals surface area contributed by atoms with Crippen LogP contribution < -0.4 is 5.32 Å². The van der Waals surface area contributed by atoms with Gasteiger partial charge in [0.1, 0.15) is 0 Å². The zero-order valence-electron chi connectivity index (χ0n) is 8.92. The van der Waals surface area contributed by atoms with E-state index in [-0.39, 0.29) is 0 Å². The SMILES string of the molecule is Cc1cc(Br)cc(NC2CCCSC2)c1. The molecule has 1 fully saturated rings. The van der Waals surface area contributed by atoms with Crippen LogP contribution in [0.1, 0.15) is 18.4 Å². The predicted octanol–water partition coefficient (Wildman–Crippen LogP) is 4.07. The first-order valence-electron chi connectivity index (χ1n) is 5.35. The lowest BCUT2D eigenvalue weighted by atomic mass is 10.1. The summed E-state index contributed by atoms with van der Waals surface area (Å²) in [5, 5.41) is 3.61. The number of aryl methyl sites for hydroxylation is 1. The second-order valence-corrected chi connectivity index (χ2v) is 6.14. The molecule has 0 spiro atoms. The Morgan fingerprint density at radius 1 is 1.40 bits per heavy atom. The molecule has 1 heterocycles. The summed E-state index contributed by atoms with van der Waals surface area (Å²) in [7, 11) is 0. The van der Waals surface area contributed by atoms with E-state index < -0.39 is 0 Å². The molecule has 3 heteroatoms. The van der Waals surface area contributed by atoms with Crippen LogP contribution in [-0.2, 0) is 0 Å². The average molecular weight is 286 g/mol. The minimum atomic E-state index is 0.650. The van der Waals surface area contributed by atoms with Crippen molar-refractivity contribution >= 4 is 33.4 Å². The van der Waals surface area contributed by atoms with Gasteiger partial charge in [0.15, 0.2) is 0 Å². The molecule has 1 aromatic rings. The second kappa shape index (κ2) is 5.26. The Hall–Kier alpha value is -0.150. The Morgan fingerprint density at radius 2 is 2.27 bits per heavy atom. The van der Waals surface area contributed by atoms with Crippen LogP contribution in [0.2, 0.25) is 0 Å². The van der Waals surface area contributed by atoms with Crippen LogP contribution in [0, 0.1) is 6.92 Å². The summed E-state index contributed by atoms with van der Waals surface area (Å²) in [4.78, 5) is 0. The first-order chi connectivity index (χ1) is 7.24. The van der Waals surface area contributed by atoms with Crippen LogP contribution in [0.3, 0.4) is 0 Å². The van der Waals surface area contributed by atoms with Gasteiger partial charge in [-0.05, 0) is 49.3 Å². The van der Waals surface area contributed by atoms with Gasteiger partial charge in [0.05, 0.1) is 0 Å². The summed E-state index contributed by atoms with van der Waals surface area (Å²) < 4.78 is 1.16. The van der Waals surface area contributed by atoms with Crippen molar-refractivity contribution in [2.75, 3.05) is 16.8 Å². The Labute approximate surface area is 104 Å². The number of benzene rings is 1. The van der Waals surface area contributed by atoms with E-state index in [2.05, 4.69) is 58.1 Å². The van der Waals surface area contributed by atoms with Crippen molar-refractivity contribution in [2.24, 2.45) is 0 Å². The van der Waals surface area contributed by atoms with E-state index in [4.69, 9.17) is 0 Å². The van der Waals surface area contributed by atoms with Gasteiger partial charge in [-0.15, -0.1) is 0 Å². The molecule has 0 aromatic heterocycles. The minimum Gasteiger partial charge on any atom is -0.381 e. The molecule has 2 rings (SSSR count). The van der Waals surface area contributed by atoms with Crippen LogP contribution in [0.25, 0.3) is 0 Å². The number of anilines is 1. The van der Waals surface area contributed by atoms with E-state index >= 15 is 0 Å². The summed E-state index contributed by atoms with van der Waals surface area (Å²) in [5.41, 5.74) is 2.55. The molecule has 0 aliphatic carbocycles. The van der Waals surface area contributed by atoms with Gasteiger partial charge < -0.3 is 5.32 Å². The van der Waals surface area contributed by atoms with Gasteiger partial charge in [-0.25, -0.2) is 0 Å². The Morgan fingerprint density at radius 3 is 2.93 bits per heavy atom. The third kappa shape index (κ3) is 3.42. The summed E-state index contributed by atoms with van der Waals surface area (Å²) in [6.07, 6.45) is 2.65. The van der Waals surface area contributed by atoms with Crippen molar-refractivity contribution in [1.82, 2.24) is 0 Å². The van der Waals surface area contributed by atoms with Crippen LogP contribution in [0.5, 0.6) is 0 Å². The highest BCUT2D eigenvalue weighted by molar-refractivity contribution is 9.10. The van der Waals surface area contributed by atoms with Gasteiger partial charge in [0.25, 0.3) is 0 Å². The fourth-order valence-electron chi connectivity index (χ4n) is 1.91. The van der Waals surface area contributed by atoms with Crippen LogP contribution in [-0.4, -0.2) is 17.5 Å². The smallest absolute Gasteiger partial charge is 0.0356 e. The lowest BCUT2D eigenvalue weighted by molar-refractivity contribution is 0.685. The molecule has 0 bridgehead atoms. The van der Waals surface area contributed by atoms with Crippen molar-refractivity contribution in [3.63, 3.8) is 0 Å². The Balaban J connectivity index is 2.02. The average Bonchev–Trinajstić information content (AvgIpc) is 2.17. The molecule has 1 aliphatic heterocycles. The molecule has 0 saturated carbocycles. The number of hydrogen-bond donors (Lipinski definition) is 1. The zero-order chi connectivity index (χ0) is 10.7. The third-order valence-corrected chi connectivity index (χ3v) is 4.25. The molecule has 15 heavy (non-hydrogen) atoms. The van der Waals surface area contributed by atoms with Crippen molar-refractivity contribution in [3.8, 4) is 0 Å². The van der Waals surface area contributed by atoms with Gasteiger partial charge in [-0.3, -0.25) is 0 Å². The van der Waals surface area contributed by atoms with E-state index in [1.807, 2.05) is 0 Å². The van der Waals surface area contributed by atoms with Crippen molar-refractivity contribution in [1.29, 1.82) is 0 Å². The van der Waals surface area contributed by atoms with Gasteiger partial charge in [0, 0.05) is 22.0 Å². The van der Waals surface area contributed by atoms with Crippen LogP contribution >= 0.6 is 27.7 Å². The molecular weight excluding hydrogens is 270 g/mol. The summed E-state index contributed by atoms with van der Waals surface area (Å²) in [6, 6.07) is 7.16. The highest BCUT2D eigenvalue weighted by atomic mass is 79.9. The molecule has 1 saturated heterocycles. The van der Waals surface area contributed by atoms with Crippen molar-refractivity contribution in [3.05, 3.63) is 28.2 Å². The molecule has 0 amide bonds. The maximum Gasteiger partial charge on any atom is 0.0356 e. The van der Waals surface area contributed by atoms with Crippen molar-refractivity contribution < 1.29 is 0 Å². The Bertz CT molecular complexity index is 314. The number of hydrogen-bond acceptors (Lipinski definition) is 2. The van der Waals surface area contributed by atoms with Crippen LogP contribution in [0.4, 0.5) is 5.69 Å². The molecular formula is C12H16BrNS. The zero-order valence-corrected chi connectivity index (χ0v) is 11.3. The molecule has 1 N–H and O–H groups in total. The van der Waals surface area contributed by atoms with Gasteiger partial charge in [0.2, 0.25) is 0 Å². The van der Waals surface area contributed by atoms with E-state index in [1.165, 1.54) is 35.6 Å².